The molecule has 0 saturated carbocycles. The zero-order valence-electron chi connectivity index (χ0n) is 13.6. The van der Waals surface area contributed by atoms with Gasteiger partial charge in [0, 0.05) is 17.6 Å². The molecule has 0 aliphatic rings. The van der Waals surface area contributed by atoms with Crippen molar-refractivity contribution >= 4 is 34.5 Å². The highest BCUT2D eigenvalue weighted by molar-refractivity contribution is 7.16. The summed E-state index contributed by atoms with van der Waals surface area (Å²) in [5.41, 5.74) is 1.89. The quantitative estimate of drug-likeness (QED) is 0.553. The second-order valence-electron chi connectivity index (χ2n) is 5.66. The van der Waals surface area contributed by atoms with E-state index in [-0.39, 0.29) is 0 Å². The van der Waals surface area contributed by atoms with Crippen LogP contribution in [0.15, 0.2) is 18.2 Å². The van der Waals surface area contributed by atoms with E-state index in [9.17, 15) is 0 Å². The van der Waals surface area contributed by atoms with Crippen molar-refractivity contribution in [3.05, 3.63) is 32.6 Å². The number of thiazole rings is 1. The molecule has 2 aromatic rings. The van der Waals surface area contributed by atoms with Crippen molar-refractivity contribution in [3.63, 3.8) is 0 Å². The number of hydrogen-bond donors (Lipinski definition) is 0. The third-order valence-corrected chi connectivity index (χ3v) is 4.89. The number of aromatic nitrogens is 1. The van der Waals surface area contributed by atoms with Crippen LogP contribution in [0.2, 0.25) is 9.49 Å². The Morgan fingerprint density at radius 2 is 2.00 bits per heavy atom. The minimum absolute atomic E-state index is 0.470. The average Bonchev–Trinajstić information content (AvgIpc) is 2.88. The summed E-state index contributed by atoms with van der Waals surface area (Å²) in [5, 5.41) is 0.567. The smallest absolute Gasteiger partial charge is 0.184 e. The topological polar surface area (TPSA) is 31.4 Å². The van der Waals surface area contributed by atoms with Gasteiger partial charge >= 0.3 is 0 Å². The molecule has 2 rings (SSSR count). The molecular formula is C17H21Cl2NO2S. The fraction of sp³-hybridized carbons (Fsp3) is 0.471. The minimum atomic E-state index is 0.470. The largest absolute Gasteiger partial charge is 0.490 e. The first-order valence-corrected chi connectivity index (χ1v) is 9.15. The Kier molecular flexibility index (Phi) is 7.15. The van der Waals surface area contributed by atoms with Crippen molar-refractivity contribution in [1.29, 1.82) is 0 Å². The highest BCUT2D eigenvalue weighted by Crippen LogP contribution is 2.36. The highest BCUT2D eigenvalue weighted by Gasteiger charge is 2.14. The molecule has 1 aromatic carbocycles. The van der Waals surface area contributed by atoms with Gasteiger partial charge in [0.1, 0.15) is 12.4 Å². The molecule has 0 atom stereocenters. The van der Waals surface area contributed by atoms with Gasteiger partial charge in [0.25, 0.3) is 0 Å². The van der Waals surface area contributed by atoms with Crippen molar-refractivity contribution < 1.29 is 9.47 Å². The molecule has 3 nitrogen and oxygen atoms in total. The van der Waals surface area contributed by atoms with E-state index in [1.807, 2.05) is 18.2 Å². The maximum absolute atomic E-state index is 6.32. The summed E-state index contributed by atoms with van der Waals surface area (Å²) in [5.74, 6) is 1.29. The summed E-state index contributed by atoms with van der Waals surface area (Å²) >= 11 is 14.0. The molecule has 0 unspecified atom stereocenters. The summed E-state index contributed by atoms with van der Waals surface area (Å²) in [6.07, 6.45) is 2.08. The number of aryl methyl sites for hydroxylation is 1. The number of nitrogens with zero attached hydrogens (tertiary/aromatic N) is 1. The van der Waals surface area contributed by atoms with Crippen LogP contribution in [0.3, 0.4) is 0 Å². The van der Waals surface area contributed by atoms with Crippen molar-refractivity contribution in [2.24, 2.45) is 5.92 Å². The first kappa shape index (κ1) is 18.5. The van der Waals surface area contributed by atoms with Crippen molar-refractivity contribution in [2.45, 2.75) is 26.7 Å². The van der Waals surface area contributed by atoms with Crippen LogP contribution in [0.1, 0.15) is 25.1 Å². The lowest BCUT2D eigenvalue weighted by Gasteiger charge is -2.09. The van der Waals surface area contributed by atoms with E-state index in [0.717, 1.165) is 24.1 Å². The van der Waals surface area contributed by atoms with Crippen molar-refractivity contribution in [3.8, 4) is 17.0 Å². The summed E-state index contributed by atoms with van der Waals surface area (Å²) in [7, 11) is 1.64. The summed E-state index contributed by atoms with van der Waals surface area (Å²) in [6, 6.07) is 5.72. The van der Waals surface area contributed by atoms with E-state index in [1.165, 1.54) is 4.88 Å². The Morgan fingerprint density at radius 3 is 2.65 bits per heavy atom. The lowest BCUT2D eigenvalue weighted by atomic mass is 10.0. The SMILES string of the molecule is COCCOc1ccc(-c2nc(Cl)sc2CCC(C)C)cc1Cl. The molecule has 0 aliphatic carbocycles. The summed E-state index contributed by atoms with van der Waals surface area (Å²) < 4.78 is 11.1. The molecule has 23 heavy (non-hydrogen) atoms. The van der Waals surface area contributed by atoms with Gasteiger partial charge in [0.2, 0.25) is 0 Å². The molecule has 1 aromatic heterocycles. The first-order valence-electron chi connectivity index (χ1n) is 7.58. The number of rotatable bonds is 8. The molecule has 0 fully saturated rings. The zero-order valence-corrected chi connectivity index (χ0v) is 15.9. The molecule has 0 amide bonds. The standard InChI is InChI=1S/C17H21Cl2NO2S/c1-11(2)4-7-15-16(20-17(19)23-15)12-5-6-14(13(18)10-12)22-9-8-21-3/h5-6,10-11H,4,7-9H2,1-3H3. The van der Waals surface area contributed by atoms with Gasteiger partial charge in [-0.2, -0.15) is 0 Å². The average molecular weight is 374 g/mol. The van der Waals surface area contributed by atoms with Gasteiger partial charge < -0.3 is 9.47 Å². The fourth-order valence-electron chi connectivity index (χ4n) is 2.14. The van der Waals surface area contributed by atoms with Crippen LogP contribution >= 0.6 is 34.5 Å². The van der Waals surface area contributed by atoms with E-state index >= 15 is 0 Å². The number of benzene rings is 1. The number of methoxy groups -OCH3 is 1. The maximum atomic E-state index is 6.32. The van der Waals surface area contributed by atoms with Crippen LogP contribution in [0.25, 0.3) is 11.3 Å². The molecular weight excluding hydrogens is 353 g/mol. The van der Waals surface area contributed by atoms with Gasteiger partial charge in [-0.3, -0.25) is 0 Å². The van der Waals surface area contributed by atoms with Gasteiger partial charge in [0.05, 0.1) is 17.3 Å². The molecule has 6 heteroatoms. The Balaban J connectivity index is 2.20. The van der Waals surface area contributed by atoms with E-state index in [1.54, 1.807) is 18.4 Å². The Labute approximate surface area is 151 Å². The fourth-order valence-corrected chi connectivity index (χ4v) is 3.56. The molecule has 0 saturated heterocycles. The van der Waals surface area contributed by atoms with Crippen molar-refractivity contribution in [2.75, 3.05) is 20.3 Å². The second kappa shape index (κ2) is 8.88. The molecule has 0 spiro atoms. The molecule has 0 bridgehead atoms. The summed E-state index contributed by atoms with van der Waals surface area (Å²) in [6.45, 7) is 5.42. The maximum Gasteiger partial charge on any atom is 0.184 e. The van der Waals surface area contributed by atoms with Gasteiger partial charge in [0.15, 0.2) is 4.47 Å². The van der Waals surface area contributed by atoms with Gasteiger partial charge in [-0.1, -0.05) is 37.0 Å². The number of hydrogen-bond acceptors (Lipinski definition) is 4. The Morgan fingerprint density at radius 1 is 1.22 bits per heavy atom. The Hall–Kier alpha value is -0.810. The van der Waals surface area contributed by atoms with Crippen LogP contribution in [0, 0.1) is 5.92 Å². The van der Waals surface area contributed by atoms with Crippen molar-refractivity contribution in [1.82, 2.24) is 4.98 Å². The van der Waals surface area contributed by atoms with E-state index in [0.29, 0.717) is 34.4 Å². The molecule has 0 radical (unpaired) electrons. The first-order chi connectivity index (χ1) is 11.0. The monoisotopic (exact) mass is 373 g/mol. The minimum Gasteiger partial charge on any atom is -0.490 e. The zero-order chi connectivity index (χ0) is 16.8. The predicted octanol–water partition coefficient (Wildman–Crippen LogP) is 5.73. The molecule has 0 aliphatic heterocycles. The molecule has 126 valence electrons. The predicted molar refractivity (Wildman–Crippen MR) is 98.1 cm³/mol. The summed E-state index contributed by atoms with van der Waals surface area (Å²) in [4.78, 5) is 5.67. The Bertz CT molecular complexity index is 644. The van der Waals surface area contributed by atoms with Crippen LogP contribution in [0.4, 0.5) is 0 Å². The molecule has 0 N–H and O–H groups in total. The van der Waals surface area contributed by atoms with Crippen LogP contribution in [-0.4, -0.2) is 25.3 Å². The second-order valence-corrected chi connectivity index (χ2v) is 7.73. The van der Waals surface area contributed by atoms with E-state index < -0.39 is 0 Å². The van der Waals surface area contributed by atoms with Gasteiger partial charge in [-0.05, 0) is 37.0 Å². The highest BCUT2D eigenvalue weighted by atomic mass is 35.5. The third-order valence-electron chi connectivity index (χ3n) is 3.37. The molecule has 1 heterocycles. The van der Waals surface area contributed by atoms with E-state index in [2.05, 4.69) is 18.8 Å². The lowest BCUT2D eigenvalue weighted by molar-refractivity contribution is 0.146. The lowest BCUT2D eigenvalue weighted by Crippen LogP contribution is -2.04. The third kappa shape index (κ3) is 5.35. The van der Waals surface area contributed by atoms with Gasteiger partial charge in [-0.25, -0.2) is 4.98 Å². The van der Waals surface area contributed by atoms with Crippen LogP contribution < -0.4 is 4.74 Å². The van der Waals surface area contributed by atoms with Crippen LogP contribution in [0.5, 0.6) is 5.75 Å². The number of ether oxygens (including phenoxy) is 2. The van der Waals surface area contributed by atoms with Crippen LogP contribution in [-0.2, 0) is 11.2 Å². The normalized spacial score (nSPS) is 11.2. The van der Waals surface area contributed by atoms with E-state index in [4.69, 9.17) is 32.7 Å². The number of halogens is 2. The van der Waals surface area contributed by atoms with Gasteiger partial charge in [-0.15, -0.1) is 11.3 Å².